The van der Waals surface area contributed by atoms with Crippen molar-refractivity contribution in [3.63, 3.8) is 0 Å². The molecule has 2 aliphatic rings. The van der Waals surface area contributed by atoms with Crippen LogP contribution < -0.4 is 10.3 Å². The summed E-state index contributed by atoms with van der Waals surface area (Å²) in [6.07, 6.45) is 16.2. The number of nitrogens with two attached hydrogens (primary N) is 1. The second-order valence-electron chi connectivity index (χ2n) is 11.0. The lowest BCUT2D eigenvalue weighted by molar-refractivity contribution is -0.647. The van der Waals surface area contributed by atoms with Crippen LogP contribution >= 0.6 is 0 Å². The summed E-state index contributed by atoms with van der Waals surface area (Å²) < 4.78 is 4.17. The van der Waals surface area contributed by atoms with Gasteiger partial charge in [0.1, 0.15) is 0 Å². The molecule has 2 aromatic heterocycles. The first kappa shape index (κ1) is 22.0. The molecule has 0 aliphatic heterocycles. The van der Waals surface area contributed by atoms with Crippen LogP contribution in [0, 0.1) is 22.7 Å². The van der Waals surface area contributed by atoms with Crippen molar-refractivity contribution in [2.75, 3.05) is 5.73 Å². The van der Waals surface area contributed by atoms with Gasteiger partial charge in [0.15, 0.2) is 18.5 Å². The molecule has 0 spiro atoms. The Morgan fingerprint density at radius 3 is 2.84 bits per heavy atom. The van der Waals surface area contributed by atoms with Crippen LogP contribution in [-0.4, -0.2) is 14.5 Å². The number of hydrogen-bond acceptors (Lipinski definition) is 3. The first-order valence-corrected chi connectivity index (χ1v) is 11.9. The minimum absolute atomic E-state index is 0.320. The summed E-state index contributed by atoms with van der Waals surface area (Å²) in [4.78, 5) is 8.56. The molecule has 0 unspecified atom stereocenters. The molecule has 3 atom stereocenters. The molecule has 2 heterocycles. The van der Waals surface area contributed by atoms with Crippen LogP contribution in [0.4, 0.5) is 5.82 Å². The predicted octanol–water partition coefficient (Wildman–Crippen LogP) is 5.36. The Bertz CT molecular complexity index is 1030. The summed E-state index contributed by atoms with van der Waals surface area (Å²) in [5.74, 6) is 2.06. The first-order chi connectivity index (χ1) is 14.6. The molecule has 168 valence electrons. The second-order valence-corrected chi connectivity index (χ2v) is 11.0. The van der Waals surface area contributed by atoms with Crippen molar-refractivity contribution >= 4 is 17.0 Å². The molecule has 0 amide bonds. The van der Waals surface area contributed by atoms with E-state index in [0.29, 0.717) is 16.6 Å². The predicted molar refractivity (Wildman–Crippen MR) is 127 cm³/mol. The Morgan fingerprint density at radius 1 is 1.29 bits per heavy atom. The van der Waals surface area contributed by atoms with Crippen molar-refractivity contribution in [2.45, 2.75) is 79.7 Å². The molecule has 0 aromatic carbocycles. The fourth-order valence-electron chi connectivity index (χ4n) is 6.11. The Balaban J connectivity index is 1.50. The van der Waals surface area contributed by atoms with Crippen LogP contribution in [0.25, 0.3) is 11.2 Å². The zero-order chi connectivity index (χ0) is 22.4. The minimum atomic E-state index is 0.320. The Morgan fingerprint density at radius 2 is 2.06 bits per heavy atom. The molecule has 0 radical (unpaired) electrons. The number of aromatic nitrogens is 4. The van der Waals surface area contributed by atoms with E-state index in [1.807, 2.05) is 11.6 Å². The van der Waals surface area contributed by atoms with E-state index in [1.54, 1.807) is 5.57 Å². The Hall–Kier alpha value is -2.17. The molecule has 5 heteroatoms. The van der Waals surface area contributed by atoms with E-state index in [2.05, 4.69) is 67.6 Å². The van der Waals surface area contributed by atoms with Gasteiger partial charge in [0.05, 0.1) is 13.6 Å². The highest BCUT2D eigenvalue weighted by Gasteiger charge is 2.47. The zero-order valence-corrected chi connectivity index (χ0v) is 20.3. The van der Waals surface area contributed by atoms with Crippen LogP contribution in [0.3, 0.4) is 0 Å². The monoisotopic (exact) mass is 422 g/mol. The van der Waals surface area contributed by atoms with Gasteiger partial charge in [-0.05, 0) is 68.1 Å². The highest BCUT2D eigenvalue weighted by molar-refractivity contribution is 5.79. The van der Waals surface area contributed by atoms with Crippen LogP contribution in [0.5, 0.6) is 0 Å². The van der Waals surface area contributed by atoms with Gasteiger partial charge in [-0.3, -0.25) is 4.57 Å². The summed E-state index contributed by atoms with van der Waals surface area (Å²) in [6.45, 7) is 13.1. The molecule has 0 saturated heterocycles. The van der Waals surface area contributed by atoms with Gasteiger partial charge in [-0.1, -0.05) is 56.0 Å². The lowest BCUT2D eigenvalue weighted by atomic mass is 9.52. The number of rotatable bonds is 5. The van der Waals surface area contributed by atoms with Gasteiger partial charge in [-0.25, -0.2) is 4.57 Å². The minimum Gasteiger partial charge on any atom is -0.380 e. The van der Waals surface area contributed by atoms with Gasteiger partial charge in [0.25, 0.3) is 0 Å². The maximum absolute atomic E-state index is 6.14. The number of allylic oxidation sites excluding steroid dienone is 4. The fourth-order valence-corrected chi connectivity index (χ4v) is 6.11. The number of aryl methyl sites for hydroxylation is 1. The molecule has 1 saturated carbocycles. The van der Waals surface area contributed by atoms with E-state index >= 15 is 0 Å². The van der Waals surface area contributed by atoms with Gasteiger partial charge < -0.3 is 5.73 Å². The van der Waals surface area contributed by atoms with Crippen LogP contribution in [0.1, 0.15) is 73.1 Å². The van der Waals surface area contributed by atoms with Crippen LogP contribution in [-0.2, 0) is 13.6 Å². The quantitative estimate of drug-likeness (QED) is 0.521. The van der Waals surface area contributed by atoms with Gasteiger partial charge >= 0.3 is 5.65 Å². The number of imidazole rings is 1. The number of nitrogens with zero attached hydrogens (tertiary/aromatic N) is 4. The normalized spacial score (nSPS) is 28.5. The highest BCUT2D eigenvalue weighted by atomic mass is 15.2. The van der Waals surface area contributed by atoms with Crippen molar-refractivity contribution in [1.82, 2.24) is 14.5 Å². The van der Waals surface area contributed by atoms with Crippen molar-refractivity contribution in [1.29, 1.82) is 0 Å². The molecule has 4 rings (SSSR count). The van der Waals surface area contributed by atoms with E-state index in [9.17, 15) is 0 Å². The summed E-state index contributed by atoms with van der Waals surface area (Å²) >= 11 is 0. The maximum Gasteiger partial charge on any atom is 0.307 e. The van der Waals surface area contributed by atoms with Crippen LogP contribution in [0.15, 0.2) is 36.0 Å². The van der Waals surface area contributed by atoms with Gasteiger partial charge in [0.2, 0.25) is 5.52 Å². The summed E-state index contributed by atoms with van der Waals surface area (Å²) in [7, 11) is 2.00. The highest BCUT2D eigenvalue weighted by Crippen LogP contribution is 2.58. The third-order valence-electron chi connectivity index (χ3n) is 8.55. The molecule has 2 N–H and O–H groups in total. The molecule has 2 aliphatic carbocycles. The van der Waals surface area contributed by atoms with E-state index in [0.717, 1.165) is 36.0 Å². The number of anilines is 1. The van der Waals surface area contributed by atoms with Crippen molar-refractivity contribution in [2.24, 2.45) is 29.7 Å². The van der Waals surface area contributed by atoms with E-state index in [-0.39, 0.29) is 0 Å². The average molecular weight is 423 g/mol. The molecule has 5 nitrogen and oxygen atoms in total. The van der Waals surface area contributed by atoms with Crippen LogP contribution in [0.2, 0.25) is 0 Å². The van der Waals surface area contributed by atoms with Gasteiger partial charge in [-0.15, -0.1) is 0 Å². The maximum atomic E-state index is 6.14. The van der Waals surface area contributed by atoms with E-state index < -0.39 is 0 Å². The molecule has 0 bridgehead atoms. The molecule has 1 fully saturated rings. The summed E-state index contributed by atoms with van der Waals surface area (Å²) in [5, 5.41) is 0. The van der Waals surface area contributed by atoms with Crippen molar-refractivity contribution in [3.8, 4) is 0 Å². The molecular formula is C26H40N5+. The fraction of sp³-hybridized carbons (Fsp3) is 0.654. The SMILES string of the molecule is C/C(=C\Cn1c[n+](C)c2ncnc(N)c21)CC[C@]1(C)C2=CCCC(C)(C)[C@@H]2CC[C@@H]1C. The summed E-state index contributed by atoms with van der Waals surface area (Å²) in [5.41, 5.74) is 11.9. The average Bonchev–Trinajstić information content (AvgIpc) is 3.05. The Labute approximate surface area is 187 Å². The molecule has 31 heavy (non-hydrogen) atoms. The largest absolute Gasteiger partial charge is 0.380 e. The topological polar surface area (TPSA) is 60.6 Å². The summed E-state index contributed by atoms with van der Waals surface area (Å²) in [6, 6.07) is 0. The molecule has 2 aromatic rings. The first-order valence-electron chi connectivity index (χ1n) is 11.9. The number of hydrogen-bond donors (Lipinski definition) is 1. The number of nitrogen functional groups attached to an aromatic ring is 1. The standard InChI is InChI=1S/C26H40N5/c1-18(12-15-31-17-30(6)24-22(31)23(27)28-16-29-24)11-14-26(5)19(2)9-10-20-21(26)8-7-13-25(20,3)4/h8,12,16-17,19-20H,7,9-11,13-15H2,1-6H3,(H2,27,28,29)/q+1/b18-12+/t19-,20+,26-/m0/s1. The van der Waals surface area contributed by atoms with Crippen molar-refractivity contribution in [3.05, 3.63) is 36.0 Å². The van der Waals surface area contributed by atoms with E-state index in [1.165, 1.54) is 44.0 Å². The number of fused-ring (bicyclic) bond motifs is 2. The Kier molecular flexibility index (Phi) is 5.74. The third-order valence-corrected chi connectivity index (χ3v) is 8.55. The zero-order valence-electron chi connectivity index (χ0n) is 20.3. The lowest BCUT2D eigenvalue weighted by Crippen LogP contribution is -2.43. The molecular weight excluding hydrogens is 382 g/mol. The van der Waals surface area contributed by atoms with E-state index in [4.69, 9.17) is 5.73 Å². The van der Waals surface area contributed by atoms with Crippen molar-refractivity contribution < 1.29 is 4.57 Å². The van der Waals surface area contributed by atoms with Gasteiger partial charge in [-0.2, -0.15) is 4.98 Å². The third kappa shape index (κ3) is 3.92. The lowest BCUT2D eigenvalue weighted by Gasteiger charge is -2.53. The second kappa shape index (κ2) is 8.07. The van der Waals surface area contributed by atoms with Gasteiger partial charge in [0, 0.05) is 0 Å². The smallest absolute Gasteiger partial charge is 0.307 e.